The molecule has 2 amide bonds. The van der Waals surface area contributed by atoms with Crippen molar-refractivity contribution in [3.05, 3.63) is 105 Å². The Balaban J connectivity index is 1.68. The summed E-state index contributed by atoms with van der Waals surface area (Å²) in [6.07, 6.45) is 0.257. The number of nitrogens with zero attached hydrogens (tertiary/aromatic N) is 2. The number of carbonyl (C=O) groups is 3. The molecule has 1 N–H and O–H groups in total. The average molecular weight is 495 g/mol. The fourth-order valence-corrected chi connectivity index (χ4v) is 4.47. The van der Waals surface area contributed by atoms with E-state index in [1.807, 2.05) is 43.3 Å². The number of amides is 2. The van der Waals surface area contributed by atoms with E-state index in [1.54, 1.807) is 12.1 Å². The summed E-state index contributed by atoms with van der Waals surface area (Å²) in [5.41, 5.74) is 3.80. The van der Waals surface area contributed by atoms with E-state index >= 15 is 0 Å². The van der Waals surface area contributed by atoms with Crippen molar-refractivity contribution in [2.45, 2.75) is 32.5 Å². The molecule has 0 fully saturated rings. The molecule has 0 spiro atoms. The van der Waals surface area contributed by atoms with Gasteiger partial charge in [-0.1, -0.05) is 59.6 Å². The van der Waals surface area contributed by atoms with Crippen molar-refractivity contribution in [1.82, 2.24) is 9.80 Å². The molecule has 0 radical (unpaired) electrons. The van der Waals surface area contributed by atoms with E-state index in [1.165, 1.54) is 28.0 Å². The van der Waals surface area contributed by atoms with Crippen molar-refractivity contribution < 1.29 is 23.9 Å². The van der Waals surface area contributed by atoms with Gasteiger partial charge in [0.1, 0.15) is 18.4 Å². The lowest BCUT2D eigenvalue weighted by atomic mass is 9.92. The van der Waals surface area contributed by atoms with Crippen LogP contribution in [0.15, 0.2) is 66.7 Å². The molecular weight excluding hydrogens is 471 g/mol. The topological polar surface area (TPSA) is 77.9 Å². The largest absolute Gasteiger partial charge is 0.480 e. The smallest absolute Gasteiger partial charge is 0.323 e. The number of rotatable bonds is 6. The maximum Gasteiger partial charge on any atom is 0.323 e. The highest BCUT2D eigenvalue weighted by Crippen LogP contribution is 2.27. The van der Waals surface area contributed by atoms with Gasteiger partial charge in [-0.05, 0) is 47.9 Å². The molecular formula is C27H24ClFN2O4. The number of fused-ring (bicyclic) bond motifs is 1. The summed E-state index contributed by atoms with van der Waals surface area (Å²) in [7, 11) is 0. The maximum absolute atomic E-state index is 13.8. The molecule has 0 unspecified atom stereocenters. The van der Waals surface area contributed by atoms with Crippen LogP contribution < -0.4 is 0 Å². The van der Waals surface area contributed by atoms with Crippen molar-refractivity contribution in [1.29, 1.82) is 0 Å². The highest BCUT2D eigenvalue weighted by molar-refractivity contribution is 6.30. The van der Waals surface area contributed by atoms with E-state index in [2.05, 4.69) is 0 Å². The molecule has 8 heteroatoms. The lowest BCUT2D eigenvalue weighted by molar-refractivity contribution is -0.147. The predicted molar refractivity (Wildman–Crippen MR) is 129 cm³/mol. The fourth-order valence-electron chi connectivity index (χ4n) is 4.26. The molecule has 6 nitrogen and oxygen atoms in total. The summed E-state index contributed by atoms with van der Waals surface area (Å²) in [6, 6.07) is 17.8. The third-order valence-corrected chi connectivity index (χ3v) is 6.38. The minimum Gasteiger partial charge on any atom is -0.480 e. The molecule has 3 aromatic carbocycles. The van der Waals surface area contributed by atoms with Gasteiger partial charge >= 0.3 is 5.97 Å². The second-order valence-electron chi connectivity index (χ2n) is 8.62. The number of hydrogen-bond acceptors (Lipinski definition) is 3. The van der Waals surface area contributed by atoms with Gasteiger partial charge in [0.2, 0.25) is 5.91 Å². The Kier molecular flexibility index (Phi) is 7.17. The van der Waals surface area contributed by atoms with Crippen molar-refractivity contribution in [2.24, 2.45) is 0 Å². The Labute approximate surface area is 207 Å². The number of benzene rings is 3. The van der Waals surface area contributed by atoms with E-state index < -0.39 is 30.3 Å². The van der Waals surface area contributed by atoms with Crippen LogP contribution in [-0.2, 0) is 29.1 Å². The molecule has 4 rings (SSSR count). The van der Waals surface area contributed by atoms with E-state index in [0.29, 0.717) is 11.1 Å². The number of aliphatic carboxylic acids is 1. The number of aryl methyl sites for hydroxylation is 1. The normalized spacial score (nSPS) is 14.8. The van der Waals surface area contributed by atoms with Crippen LogP contribution >= 0.6 is 11.6 Å². The first-order valence-electron chi connectivity index (χ1n) is 11.1. The number of halogens is 2. The summed E-state index contributed by atoms with van der Waals surface area (Å²) in [5.74, 6) is -2.61. The fraction of sp³-hybridized carbons (Fsp3) is 0.222. The number of carboxylic acid groups (broad SMARTS) is 1. The van der Waals surface area contributed by atoms with Crippen LogP contribution in [0.4, 0.5) is 4.39 Å². The zero-order valence-electron chi connectivity index (χ0n) is 19.1. The van der Waals surface area contributed by atoms with Crippen LogP contribution in [0.5, 0.6) is 0 Å². The molecule has 0 aromatic heterocycles. The van der Waals surface area contributed by atoms with Gasteiger partial charge in [-0.2, -0.15) is 0 Å². The standard InChI is InChI=1S/C27H24ClFN2O4/c1-17-6-9-19(10-7-17)26(34)31-15-21-5-3-2-4-20(21)13-24(31)27(35)30(16-25(32)33)14-18-8-11-23(29)22(28)12-18/h2-12,24H,13-16H2,1H3,(H,32,33)/t24-/m1/s1. The molecule has 1 aliphatic rings. The van der Waals surface area contributed by atoms with Gasteiger partial charge in [0.15, 0.2) is 0 Å². The molecule has 35 heavy (non-hydrogen) atoms. The highest BCUT2D eigenvalue weighted by atomic mass is 35.5. The van der Waals surface area contributed by atoms with Gasteiger partial charge in [0.05, 0.1) is 5.02 Å². The zero-order chi connectivity index (χ0) is 25.1. The van der Waals surface area contributed by atoms with E-state index in [0.717, 1.165) is 16.7 Å². The molecule has 0 bridgehead atoms. The van der Waals surface area contributed by atoms with Crippen LogP contribution in [-0.4, -0.2) is 45.3 Å². The van der Waals surface area contributed by atoms with Crippen molar-refractivity contribution in [3.63, 3.8) is 0 Å². The Morgan fingerprint density at radius 3 is 2.40 bits per heavy atom. The van der Waals surface area contributed by atoms with Crippen LogP contribution in [0.3, 0.4) is 0 Å². The molecule has 0 saturated heterocycles. The number of hydrogen-bond donors (Lipinski definition) is 1. The number of carboxylic acids is 1. The Hall–Kier alpha value is -3.71. The second-order valence-corrected chi connectivity index (χ2v) is 9.03. The number of carbonyl (C=O) groups excluding carboxylic acids is 2. The molecule has 1 heterocycles. The summed E-state index contributed by atoms with van der Waals surface area (Å²) in [5, 5.41) is 9.37. The molecule has 3 aromatic rings. The predicted octanol–water partition coefficient (Wildman–Crippen LogP) is 4.47. The summed E-state index contributed by atoms with van der Waals surface area (Å²) < 4.78 is 13.6. The molecule has 1 atom stereocenters. The summed E-state index contributed by atoms with van der Waals surface area (Å²) in [6.45, 7) is 1.49. The third kappa shape index (κ3) is 5.52. The van der Waals surface area contributed by atoms with Crippen molar-refractivity contribution in [2.75, 3.05) is 6.54 Å². The Morgan fingerprint density at radius 1 is 1.06 bits per heavy atom. The summed E-state index contributed by atoms with van der Waals surface area (Å²) in [4.78, 5) is 41.5. The Morgan fingerprint density at radius 2 is 1.74 bits per heavy atom. The van der Waals surface area contributed by atoms with E-state index in [-0.39, 0.29) is 30.4 Å². The molecule has 0 saturated carbocycles. The summed E-state index contributed by atoms with van der Waals surface area (Å²) >= 11 is 5.88. The van der Waals surface area contributed by atoms with Crippen LogP contribution in [0, 0.1) is 12.7 Å². The first-order chi connectivity index (χ1) is 16.7. The average Bonchev–Trinajstić information content (AvgIpc) is 2.84. The van der Waals surface area contributed by atoms with Gasteiger partial charge in [0, 0.05) is 25.1 Å². The van der Waals surface area contributed by atoms with Gasteiger partial charge in [-0.25, -0.2) is 4.39 Å². The van der Waals surface area contributed by atoms with Crippen LogP contribution in [0.25, 0.3) is 0 Å². The maximum atomic E-state index is 13.8. The van der Waals surface area contributed by atoms with Crippen molar-refractivity contribution in [3.8, 4) is 0 Å². The van der Waals surface area contributed by atoms with Gasteiger partial charge < -0.3 is 14.9 Å². The first kappa shape index (κ1) is 24.4. The SMILES string of the molecule is Cc1ccc(C(=O)N2Cc3ccccc3C[C@@H]2C(=O)N(CC(=O)O)Cc2ccc(F)c(Cl)c2)cc1. The molecule has 1 aliphatic heterocycles. The molecule has 180 valence electrons. The van der Waals surface area contributed by atoms with E-state index in [9.17, 15) is 23.9 Å². The van der Waals surface area contributed by atoms with Crippen LogP contribution in [0.2, 0.25) is 5.02 Å². The Bertz CT molecular complexity index is 1280. The quantitative estimate of drug-likeness (QED) is 0.548. The van der Waals surface area contributed by atoms with Crippen molar-refractivity contribution >= 4 is 29.4 Å². The third-order valence-electron chi connectivity index (χ3n) is 6.09. The molecule has 0 aliphatic carbocycles. The minimum absolute atomic E-state index is 0.0875. The first-order valence-corrected chi connectivity index (χ1v) is 11.5. The zero-order valence-corrected chi connectivity index (χ0v) is 19.8. The monoisotopic (exact) mass is 494 g/mol. The highest BCUT2D eigenvalue weighted by Gasteiger charge is 2.37. The van der Waals surface area contributed by atoms with Gasteiger partial charge in [-0.3, -0.25) is 14.4 Å². The lowest BCUT2D eigenvalue weighted by Gasteiger charge is -2.38. The minimum atomic E-state index is -1.20. The second kappa shape index (κ2) is 10.3. The lowest BCUT2D eigenvalue weighted by Crippen LogP contribution is -2.54. The van der Waals surface area contributed by atoms with Gasteiger partial charge in [0.25, 0.3) is 5.91 Å². The van der Waals surface area contributed by atoms with Gasteiger partial charge in [-0.15, -0.1) is 0 Å². The van der Waals surface area contributed by atoms with E-state index in [4.69, 9.17) is 11.6 Å². The van der Waals surface area contributed by atoms with Crippen LogP contribution in [0.1, 0.15) is 32.6 Å².